The Morgan fingerprint density at radius 3 is 2.33 bits per heavy atom. The SMILES string of the molecule is CC1CCCCCN1c1nc(N)nc(N2CCCCC2)n1. The van der Waals surface area contributed by atoms with E-state index >= 15 is 0 Å². The first-order valence-electron chi connectivity index (χ1n) is 8.27. The summed E-state index contributed by atoms with van der Waals surface area (Å²) in [6, 6.07) is 0.475. The Morgan fingerprint density at radius 2 is 1.52 bits per heavy atom. The lowest BCUT2D eigenvalue weighted by molar-refractivity contribution is 0.564. The summed E-state index contributed by atoms with van der Waals surface area (Å²) in [5.41, 5.74) is 5.94. The highest BCUT2D eigenvalue weighted by molar-refractivity contribution is 5.44. The van der Waals surface area contributed by atoms with Gasteiger partial charge in [0.1, 0.15) is 0 Å². The molecule has 0 radical (unpaired) electrons. The van der Waals surface area contributed by atoms with Crippen molar-refractivity contribution in [2.75, 3.05) is 35.2 Å². The Balaban J connectivity index is 1.85. The molecule has 0 bridgehead atoms. The van der Waals surface area contributed by atoms with Gasteiger partial charge in [-0.05, 0) is 39.0 Å². The quantitative estimate of drug-likeness (QED) is 0.900. The van der Waals surface area contributed by atoms with E-state index in [0.29, 0.717) is 12.0 Å². The summed E-state index contributed by atoms with van der Waals surface area (Å²) in [6.07, 6.45) is 8.70. The molecule has 116 valence electrons. The van der Waals surface area contributed by atoms with Crippen LogP contribution >= 0.6 is 0 Å². The number of nitrogen functional groups attached to an aromatic ring is 1. The van der Waals surface area contributed by atoms with Gasteiger partial charge in [0, 0.05) is 25.7 Å². The monoisotopic (exact) mass is 290 g/mol. The fourth-order valence-electron chi connectivity index (χ4n) is 3.31. The van der Waals surface area contributed by atoms with Gasteiger partial charge >= 0.3 is 0 Å². The average molecular weight is 290 g/mol. The summed E-state index contributed by atoms with van der Waals surface area (Å²) in [5, 5.41) is 0. The van der Waals surface area contributed by atoms with E-state index in [4.69, 9.17) is 10.7 Å². The van der Waals surface area contributed by atoms with E-state index in [0.717, 1.165) is 31.5 Å². The van der Waals surface area contributed by atoms with Crippen LogP contribution in [-0.2, 0) is 0 Å². The summed E-state index contributed by atoms with van der Waals surface area (Å²) < 4.78 is 0. The Morgan fingerprint density at radius 1 is 0.857 bits per heavy atom. The molecule has 1 atom stereocenters. The van der Waals surface area contributed by atoms with Gasteiger partial charge in [0.25, 0.3) is 0 Å². The Hall–Kier alpha value is -1.59. The maximum absolute atomic E-state index is 5.94. The Bertz CT molecular complexity index is 471. The standard InChI is InChI=1S/C15H26N6/c1-12-8-4-2-7-11-21(12)15-18-13(16)17-14(19-15)20-9-5-3-6-10-20/h12H,2-11H2,1H3,(H2,16,17,18,19). The normalized spacial score (nSPS) is 24.0. The van der Waals surface area contributed by atoms with Crippen molar-refractivity contribution in [2.45, 2.75) is 57.9 Å². The van der Waals surface area contributed by atoms with Crippen LogP contribution in [0.1, 0.15) is 51.9 Å². The predicted molar refractivity (Wildman–Crippen MR) is 85.6 cm³/mol. The van der Waals surface area contributed by atoms with Gasteiger partial charge in [-0.2, -0.15) is 15.0 Å². The van der Waals surface area contributed by atoms with Crippen LogP contribution in [0, 0.1) is 0 Å². The lowest BCUT2D eigenvalue weighted by Crippen LogP contribution is -2.36. The predicted octanol–water partition coefficient (Wildman–Crippen LogP) is 2.21. The number of rotatable bonds is 2. The molecule has 6 nitrogen and oxygen atoms in total. The highest BCUT2D eigenvalue weighted by Crippen LogP contribution is 2.24. The van der Waals surface area contributed by atoms with Gasteiger partial charge in [0.2, 0.25) is 17.8 Å². The number of hydrogen-bond acceptors (Lipinski definition) is 6. The molecular formula is C15H26N6. The molecule has 6 heteroatoms. The van der Waals surface area contributed by atoms with Gasteiger partial charge in [0.15, 0.2) is 0 Å². The zero-order chi connectivity index (χ0) is 14.7. The van der Waals surface area contributed by atoms with Crippen LogP contribution in [0.2, 0.25) is 0 Å². The maximum atomic E-state index is 5.94. The van der Waals surface area contributed by atoms with Crippen molar-refractivity contribution in [3.63, 3.8) is 0 Å². The summed E-state index contributed by atoms with van der Waals surface area (Å²) >= 11 is 0. The molecule has 1 aromatic heterocycles. The van der Waals surface area contributed by atoms with Crippen LogP contribution in [0.25, 0.3) is 0 Å². The zero-order valence-electron chi connectivity index (χ0n) is 13.0. The van der Waals surface area contributed by atoms with Crippen molar-refractivity contribution in [2.24, 2.45) is 0 Å². The summed E-state index contributed by atoms with van der Waals surface area (Å²) in [4.78, 5) is 18.0. The highest BCUT2D eigenvalue weighted by Gasteiger charge is 2.22. The third-order valence-corrected chi connectivity index (χ3v) is 4.58. The van der Waals surface area contributed by atoms with Crippen LogP contribution in [-0.4, -0.2) is 40.6 Å². The number of piperidine rings is 1. The molecule has 2 aliphatic rings. The van der Waals surface area contributed by atoms with Crippen molar-refractivity contribution in [1.82, 2.24) is 15.0 Å². The van der Waals surface area contributed by atoms with Crippen LogP contribution in [0.4, 0.5) is 17.8 Å². The molecule has 3 heterocycles. The minimum atomic E-state index is 0.344. The van der Waals surface area contributed by atoms with Gasteiger partial charge in [-0.3, -0.25) is 0 Å². The van der Waals surface area contributed by atoms with Crippen LogP contribution in [0.15, 0.2) is 0 Å². The number of nitrogens with zero attached hydrogens (tertiary/aromatic N) is 5. The number of hydrogen-bond donors (Lipinski definition) is 1. The summed E-state index contributed by atoms with van der Waals surface area (Å²) in [7, 11) is 0. The maximum Gasteiger partial charge on any atom is 0.232 e. The molecule has 0 saturated carbocycles. The van der Waals surface area contributed by atoms with E-state index < -0.39 is 0 Å². The first-order chi connectivity index (χ1) is 10.2. The summed E-state index contributed by atoms with van der Waals surface area (Å²) in [5.74, 6) is 1.86. The molecule has 1 unspecified atom stereocenters. The molecule has 1 aromatic rings. The first kappa shape index (κ1) is 14.4. The largest absolute Gasteiger partial charge is 0.368 e. The lowest BCUT2D eigenvalue weighted by Gasteiger charge is -2.30. The van der Waals surface area contributed by atoms with Crippen molar-refractivity contribution >= 4 is 17.8 Å². The van der Waals surface area contributed by atoms with E-state index in [1.807, 2.05) is 0 Å². The lowest BCUT2D eigenvalue weighted by atomic mass is 10.1. The minimum absolute atomic E-state index is 0.344. The van der Waals surface area contributed by atoms with Gasteiger partial charge in [-0.25, -0.2) is 0 Å². The third kappa shape index (κ3) is 3.36. The molecule has 0 spiro atoms. The molecule has 0 aromatic carbocycles. The minimum Gasteiger partial charge on any atom is -0.368 e. The van der Waals surface area contributed by atoms with Gasteiger partial charge in [-0.15, -0.1) is 0 Å². The van der Waals surface area contributed by atoms with Crippen LogP contribution in [0.3, 0.4) is 0 Å². The van der Waals surface area contributed by atoms with E-state index in [1.165, 1.54) is 44.9 Å². The van der Waals surface area contributed by atoms with Crippen molar-refractivity contribution in [3.05, 3.63) is 0 Å². The Kier molecular flexibility index (Phi) is 4.41. The van der Waals surface area contributed by atoms with Gasteiger partial charge in [0.05, 0.1) is 0 Å². The topological polar surface area (TPSA) is 71.2 Å². The zero-order valence-corrected chi connectivity index (χ0v) is 13.0. The van der Waals surface area contributed by atoms with Crippen molar-refractivity contribution in [1.29, 1.82) is 0 Å². The molecule has 0 aliphatic carbocycles. The first-order valence-corrected chi connectivity index (χ1v) is 8.27. The van der Waals surface area contributed by atoms with Gasteiger partial charge < -0.3 is 15.5 Å². The molecule has 2 fully saturated rings. The van der Waals surface area contributed by atoms with Crippen molar-refractivity contribution in [3.8, 4) is 0 Å². The number of aromatic nitrogens is 3. The van der Waals surface area contributed by atoms with Crippen LogP contribution < -0.4 is 15.5 Å². The Labute approximate surface area is 126 Å². The van der Waals surface area contributed by atoms with Crippen LogP contribution in [0.5, 0.6) is 0 Å². The number of anilines is 3. The second kappa shape index (κ2) is 6.45. The third-order valence-electron chi connectivity index (χ3n) is 4.58. The fraction of sp³-hybridized carbons (Fsp3) is 0.800. The molecule has 2 N–H and O–H groups in total. The summed E-state index contributed by atoms with van der Waals surface area (Å²) in [6.45, 7) is 5.33. The molecule has 0 amide bonds. The molecule has 2 aliphatic heterocycles. The molecular weight excluding hydrogens is 264 g/mol. The van der Waals surface area contributed by atoms with E-state index in [1.54, 1.807) is 0 Å². The fourth-order valence-corrected chi connectivity index (χ4v) is 3.31. The van der Waals surface area contributed by atoms with Crippen molar-refractivity contribution < 1.29 is 0 Å². The van der Waals surface area contributed by atoms with Gasteiger partial charge in [-0.1, -0.05) is 12.8 Å². The highest BCUT2D eigenvalue weighted by atomic mass is 15.4. The van der Waals surface area contributed by atoms with E-state index in [-0.39, 0.29) is 0 Å². The van der Waals surface area contributed by atoms with E-state index in [9.17, 15) is 0 Å². The second-order valence-electron chi connectivity index (χ2n) is 6.23. The molecule has 21 heavy (non-hydrogen) atoms. The molecule has 3 rings (SSSR count). The molecule has 2 saturated heterocycles. The average Bonchev–Trinajstić information content (AvgIpc) is 2.72. The van der Waals surface area contributed by atoms with E-state index in [2.05, 4.69) is 26.7 Å². The smallest absolute Gasteiger partial charge is 0.232 e. The second-order valence-corrected chi connectivity index (χ2v) is 6.23. The number of nitrogens with two attached hydrogens (primary N) is 1.